The van der Waals surface area contributed by atoms with E-state index in [1.54, 1.807) is 12.5 Å². The molecule has 1 saturated heterocycles. The van der Waals surface area contributed by atoms with Gasteiger partial charge in [-0.15, -0.1) is 0 Å². The fraction of sp³-hybridized carbons (Fsp3) is 0.526. The lowest BCUT2D eigenvalue weighted by Crippen LogP contribution is -2.47. The van der Waals surface area contributed by atoms with Gasteiger partial charge in [0.15, 0.2) is 0 Å². The molecule has 0 saturated carbocycles. The van der Waals surface area contributed by atoms with E-state index < -0.39 is 0 Å². The van der Waals surface area contributed by atoms with Crippen LogP contribution < -0.4 is 5.32 Å². The molecule has 3 rings (SSSR count). The predicted octanol–water partition coefficient (Wildman–Crippen LogP) is 2.37. The summed E-state index contributed by atoms with van der Waals surface area (Å²) in [4.78, 5) is 26.2. The summed E-state index contributed by atoms with van der Waals surface area (Å²) in [5, 5.41) is 3.25. The number of nitrogens with one attached hydrogen (secondary N) is 1. The summed E-state index contributed by atoms with van der Waals surface area (Å²) in [5.41, 5.74) is 0.311. The highest BCUT2D eigenvalue weighted by Gasteiger charge is 2.26. The van der Waals surface area contributed by atoms with Crippen LogP contribution >= 0.6 is 0 Å². The molecule has 0 aromatic carbocycles. The number of aromatic nitrogens is 2. The van der Waals surface area contributed by atoms with Crippen molar-refractivity contribution in [1.82, 2.24) is 19.8 Å². The smallest absolute Gasteiger partial charge is 0.259 e. The van der Waals surface area contributed by atoms with Crippen molar-refractivity contribution in [3.05, 3.63) is 41.7 Å². The van der Waals surface area contributed by atoms with Crippen molar-refractivity contribution < 1.29 is 9.21 Å². The SMILES string of the molecule is CN1CCN(C(=O)c2cnc(C(C)(C)C)nc2NCc2ccco2)CC1. The summed E-state index contributed by atoms with van der Waals surface area (Å²) in [7, 11) is 2.07. The van der Waals surface area contributed by atoms with Crippen molar-refractivity contribution in [2.75, 3.05) is 38.5 Å². The van der Waals surface area contributed by atoms with Crippen LogP contribution in [0.15, 0.2) is 29.0 Å². The van der Waals surface area contributed by atoms with E-state index in [0.29, 0.717) is 36.8 Å². The summed E-state index contributed by atoms with van der Waals surface area (Å²) in [6, 6.07) is 3.73. The van der Waals surface area contributed by atoms with Crippen LogP contribution in [-0.4, -0.2) is 58.9 Å². The first kappa shape index (κ1) is 18.4. The number of carbonyl (C=O) groups excluding carboxylic acids is 1. The molecule has 0 aliphatic carbocycles. The molecule has 1 fully saturated rings. The minimum absolute atomic E-state index is 0.0273. The van der Waals surface area contributed by atoms with Crippen LogP contribution in [0.4, 0.5) is 5.82 Å². The second-order valence-electron chi connectivity index (χ2n) is 7.73. The van der Waals surface area contributed by atoms with E-state index in [9.17, 15) is 4.79 Å². The van der Waals surface area contributed by atoms with Crippen LogP contribution in [0.2, 0.25) is 0 Å². The topological polar surface area (TPSA) is 74.5 Å². The Labute approximate surface area is 154 Å². The van der Waals surface area contributed by atoms with Crippen molar-refractivity contribution in [3.8, 4) is 0 Å². The quantitative estimate of drug-likeness (QED) is 0.905. The Morgan fingerprint density at radius 3 is 2.62 bits per heavy atom. The number of carbonyl (C=O) groups is 1. The summed E-state index contributed by atoms with van der Waals surface area (Å²) < 4.78 is 5.37. The normalized spacial score (nSPS) is 15.9. The van der Waals surface area contributed by atoms with Crippen molar-refractivity contribution in [3.63, 3.8) is 0 Å². The summed E-state index contributed by atoms with van der Waals surface area (Å²) in [6.07, 6.45) is 3.28. The van der Waals surface area contributed by atoms with E-state index in [1.807, 2.05) is 17.0 Å². The number of likely N-dealkylation sites (N-methyl/N-ethyl adjacent to an activating group) is 1. The van der Waals surface area contributed by atoms with Gasteiger partial charge < -0.3 is 19.5 Å². The second-order valence-corrected chi connectivity index (χ2v) is 7.73. The molecule has 0 unspecified atom stereocenters. The number of amides is 1. The Bertz CT molecular complexity index is 744. The van der Waals surface area contributed by atoms with E-state index in [2.05, 4.69) is 48.0 Å². The van der Waals surface area contributed by atoms with Crippen LogP contribution in [0.5, 0.6) is 0 Å². The predicted molar refractivity (Wildman–Crippen MR) is 100 cm³/mol. The molecular formula is C19H27N5O2. The number of anilines is 1. The molecule has 7 heteroatoms. The third-order valence-corrected chi connectivity index (χ3v) is 4.49. The molecule has 0 atom stereocenters. The van der Waals surface area contributed by atoms with Gasteiger partial charge >= 0.3 is 0 Å². The molecule has 1 aliphatic rings. The zero-order valence-corrected chi connectivity index (χ0v) is 16.0. The Morgan fingerprint density at radius 2 is 2.00 bits per heavy atom. The Kier molecular flexibility index (Phi) is 5.27. The van der Waals surface area contributed by atoms with Gasteiger partial charge in [-0.25, -0.2) is 9.97 Å². The largest absolute Gasteiger partial charge is 0.467 e. The molecule has 1 N–H and O–H groups in total. The van der Waals surface area contributed by atoms with Crippen molar-refractivity contribution in [1.29, 1.82) is 0 Å². The first-order valence-electron chi connectivity index (χ1n) is 8.96. The third kappa shape index (κ3) is 4.22. The fourth-order valence-electron chi connectivity index (χ4n) is 2.80. The fourth-order valence-corrected chi connectivity index (χ4v) is 2.80. The van der Waals surface area contributed by atoms with Crippen molar-refractivity contribution in [2.24, 2.45) is 0 Å². The highest BCUT2D eigenvalue weighted by atomic mass is 16.3. The minimum atomic E-state index is -0.198. The molecule has 7 nitrogen and oxygen atoms in total. The number of rotatable bonds is 4. The Morgan fingerprint density at radius 1 is 1.27 bits per heavy atom. The lowest BCUT2D eigenvalue weighted by molar-refractivity contribution is 0.0664. The average Bonchev–Trinajstić information content (AvgIpc) is 3.12. The molecule has 0 radical (unpaired) electrons. The average molecular weight is 357 g/mol. The van der Waals surface area contributed by atoms with Crippen LogP contribution in [0.25, 0.3) is 0 Å². The van der Waals surface area contributed by atoms with Crippen LogP contribution in [0, 0.1) is 0 Å². The molecule has 1 amide bonds. The number of furan rings is 1. The second kappa shape index (κ2) is 7.45. The maximum atomic E-state index is 13.0. The molecule has 1 aliphatic heterocycles. The van der Waals surface area contributed by atoms with Gasteiger partial charge in [0, 0.05) is 37.8 Å². The Balaban J connectivity index is 1.85. The van der Waals surface area contributed by atoms with E-state index in [-0.39, 0.29) is 11.3 Å². The number of nitrogens with zero attached hydrogens (tertiary/aromatic N) is 4. The van der Waals surface area contributed by atoms with Crippen molar-refractivity contribution >= 4 is 11.7 Å². The van der Waals surface area contributed by atoms with Gasteiger partial charge in [0.25, 0.3) is 5.91 Å². The summed E-state index contributed by atoms with van der Waals surface area (Å²) >= 11 is 0. The summed E-state index contributed by atoms with van der Waals surface area (Å²) in [6.45, 7) is 9.82. The highest BCUT2D eigenvalue weighted by Crippen LogP contribution is 2.23. The molecule has 3 heterocycles. The lowest BCUT2D eigenvalue weighted by atomic mass is 9.95. The summed E-state index contributed by atoms with van der Waals surface area (Å²) in [5.74, 6) is 2.03. The molecule has 0 bridgehead atoms. The van der Waals surface area contributed by atoms with Gasteiger partial charge in [-0.05, 0) is 19.2 Å². The maximum absolute atomic E-state index is 13.0. The van der Waals surface area contributed by atoms with Gasteiger partial charge in [-0.1, -0.05) is 20.8 Å². The van der Waals surface area contributed by atoms with Crippen molar-refractivity contribution in [2.45, 2.75) is 32.7 Å². The zero-order valence-electron chi connectivity index (χ0n) is 16.0. The molecule has 2 aromatic rings. The molecular weight excluding hydrogens is 330 g/mol. The van der Waals surface area contributed by atoms with Gasteiger partial charge in [-0.3, -0.25) is 4.79 Å². The molecule has 2 aromatic heterocycles. The molecule has 26 heavy (non-hydrogen) atoms. The van der Waals surface area contributed by atoms with Gasteiger partial charge in [0.1, 0.15) is 23.0 Å². The van der Waals surface area contributed by atoms with Crippen LogP contribution in [0.1, 0.15) is 42.7 Å². The van der Waals surface area contributed by atoms with Gasteiger partial charge in [-0.2, -0.15) is 0 Å². The third-order valence-electron chi connectivity index (χ3n) is 4.49. The first-order chi connectivity index (χ1) is 12.3. The number of piperazine rings is 1. The monoisotopic (exact) mass is 357 g/mol. The maximum Gasteiger partial charge on any atom is 0.259 e. The number of hydrogen-bond acceptors (Lipinski definition) is 6. The van der Waals surface area contributed by atoms with E-state index in [0.717, 1.165) is 18.8 Å². The van der Waals surface area contributed by atoms with Crippen LogP contribution in [0.3, 0.4) is 0 Å². The zero-order chi connectivity index (χ0) is 18.7. The van der Waals surface area contributed by atoms with Gasteiger partial charge in [0.05, 0.1) is 12.8 Å². The lowest BCUT2D eigenvalue weighted by Gasteiger charge is -2.32. The highest BCUT2D eigenvalue weighted by molar-refractivity contribution is 5.98. The van der Waals surface area contributed by atoms with Crippen LogP contribution in [-0.2, 0) is 12.0 Å². The number of hydrogen-bond donors (Lipinski definition) is 1. The molecule has 140 valence electrons. The van der Waals surface area contributed by atoms with Gasteiger partial charge in [0.2, 0.25) is 0 Å². The van der Waals surface area contributed by atoms with E-state index >= 15 is 0 Å². The van der Waals surface area contributed by atoms with E-state index in [4.69, 9.17) is 4.42 Å². The molecule has 0 spiro atoms. The standard InChI is InChI=1S/C19H27N5O2/c1-19(2,3)18-21-13-15(17(25)24-9-7-23(4)8-10-24)16(22-18)20-12-14-6-5-11-26-14/h5-6,11,13H,7-10,12H2,1-4H3,(H,20,21,22). The Hall–Kier alpha value is -2.41. The minimum Gasteiger partial charge on any atom is -0.467 e. The van der Waals surface area contributed by atoms with E-state index in [1.165, 1.54) is 0 Å². The first-order valence-corrected chi connectivity index (χ1v) is 8.96.